The number of anilines is 1. The third kappa shape index (κ3) is 2.99. The van der Waals surface area contributed by atoms with E-state index in [1.807, 2.05) is 19.9 Å². The van der Waals surface area contributed by atoms with Gasteiger partial charge in [0.05, 0.1) is 10.6 Å². The molecule has 0 heterocycles. The van der Waals surface area contributed by atoms with Gasteiger partial charge in [-0.3, -0.25) is 4.72 Å². The van der Waals surface area contributed by atoms with Crippen molar-refractivity contribution >= 4 is 15.7 Å². The molecule has 22 heavy (non-hydrogen) atoms. The van der Waals surface area contributed by atoms with Gasteiger partial charge in [-0.1, -0.05) is 12.1 Å². The van der Waals surface area contributed by atoms with Gasteiger partial charge in [0.25, 0.3) is 10.0 Å². The maximum absolute atomic E-state index is 13.9. The molecule has 2 aromatic rings. The van der Waals surface area contributed by atoms with Crippen LogP contribution >= 0.6 is 0 Å². The molecule has 2 aromatic carbocycles. The van der Waals surface area contributed by atoms with Crippen LogP contribution in [0.5, 0.6) is 0 Å². The van der Waals surface area contributed by atoms with Crippen LogP contribution in [-0.2, 0) is 10.0 Å². The van der Waals surface area contributed by atoms with Crippen LogP contribution in [0.2, 0.25) is 0 Å². The summed E-state index contributed by atoms with van der Waals surface area (Å²) in [5.41, 5.74) is 3.86. The van der Waals surface area contributed by atoms with Gasteiger partial charge >= 0.3 is 0 Å². The summed E-state index contributed by atoms with van der Waals surface area (Å²) in [6.45, 7) is 9.02. The van der Waals surface area contributed by atoms with E-state index >= 15 is 0 Å². The van der Waals surface area contributed by atoms with Gasteiger partial charge in [0.15, 0.2) is 0 Å². The largest absolute Gasteiger partial charge is 0.277 e. The highest BCUT2D eigenvalue weighted by atomic mass is 32.2. The standard InChI is InChI=1S/C17H20FNO2S/c1-10-6-7-16(15(18)8-10)19-22(20,21)17-13(4)11(2)9-12(3)14(17)5/h6-9,19H,1-5H3. The number of benzene rings is 2. The van der Waals surface area contributed by atoms with Gasteiger partial charge in [0.2, 0.25) is 0 Å². The van der Waals surface area contributed by atoms with Gasteiger partial charge in [-0.2, -0.15) is 0 Å². The zero-order valence-corrected chi connectivity index (χ0v) is 14.2. The molecule has 0 spiro atoms. The molecule has 0 atom stereocenters. The first-order valence-electron chi connectivity index (χ1n) is 7.00. The van der Waals surface area contributed by atoms with Crippen LogP contribution in [0.15, 0.2) is 29.2 Å². The molecule has 0 radical (unpaired) electrons. The van der Waals surface area contributed by atoms with E-state index in [4.69, 9.17) is 0 Å². The maximum atomic E-state index is 13.9. The summed E-state index contributed by atoms with van der Waals surface area (Å²) < 4.78 is 41.7. The van der Waals surface area contributed by atoms with Crippen LogP contribution in [0.1, 0.15) is 27.8 Å². The second-order valence-corrected chi connectivity index (χ2v) is 7.30. The second-order valence-electron chi connectivity index (χ2n) is 5.68. The number of hydrogen-bond acceptors (Lipinski definition) is 2. The summed E-state index contributed by atoms with van der Waals surface area (Å²) >= 11 is 0. The molecular formula is C17H20FNO2S. The Labute approximate surface area is 131 Å². The Morgan fingerprint density at radius 1 is 0.909 bits per heavy atom. The summed E-state index contributed by atoms with van der Waals surface area (Å²) in [4.78, 5) is 0.227. The topological polar surface area (TPSA) is 46.2 Å². The predicted octanol–water partition coefficient (Wildman–Crippen LogP) is 4.17. The highest BCUT2D eigenvalue weighted by Gasteiger charge is 2.23. The molecule has 0 bridgehead atoms. The van der Waals surface area contributed by atoms with Gasteiger partial charge in [0.1, 0.15) is 5.82 Å². The lowest BCUT2D eigenvalue weighted by Crippen LogP contribution is -2.17. The number of halogens is 1. The first-order chi connectivity index (χ1) is 10.1. The smallest absolute Gasteiger partial charge is 0.262 e. The molecule has 0 saturated carbocycles. The lowest BCUT2D eigenvalue weighted by Gasteiger charge is -2.17. The van der Waals surface area contributed by atoms with Crippen LogP contribution in [0.25, 0.3) is 0 Å². The van der Waals surface area contributed by atoms with Crippen molar-refractivity contribution in [3.63, 3.8) is 0 Å². The monoisotopic (exact) mass is 321 g/mol. The minimum Gasteiger partial charge on any atom is -0.277 e. The summed E-state index contributed by atoms with van der Waals surface area (Å²) in [5, 5.41) is 0. The Bertz CT molecular complexity index is 816. The number of hydrogen-bond donors (Lipinski definition) is 1. The minimum absolute atomic E-state index is 0.0384. The number of sulfonamides is 1. The fourth-order valence-corrected chi connectivity index (χ4v) is 4.17. The lowest BCUT2D eigenvalue weighted by atomic mass is 10.0. The molecule has 0 amide bonds. The Balaban J connectivity index is 2.57. The van der Waals surface area contributed by atoms with Crippen LogP contribution < -0.4 is 4.72 Å². The van der Waals surface area contributed by atoms with E-state index in [0.29, 0.717) is 11.1 Å². The van der Waals surface area contributed by atoms with E-state index in [9.17, 15) is 12.8 Å². The van der Waals surface area contributed by atoms with Crippen molar-refractivity contribution in [2.24, 2.45) is 0 Å². The summed E-state index contributed by atoms with van der Waals surface area (Å²) in [6, 6.07) is 6.37. The van der Waals surface area contributed by atoms with E-state index in [1.165, 1.54) is 12.1 Å². The summed E-state index contributed by atoms with van der Waals surface area (Å²) in [6.07, 6.45) is 0. The Morgan fingerprint density at radius 3 is 1.95 bits per heavy atom. The van der Waals surface area contributed by atoms with E-state index in [-0.39, 0.29) is 10.6 Å². The molecule has 0 unspecified atom stereocenters. The zero-order chi connectivity index (χ0) is 16.7. The molecule has 118 valence electrons. The molecule has 5 heteroatoms. The van der Waals surface area contributed by atoms with E-state index in [1.54, 1.807) is 26.8 Å². The average Bonchev–Trinajstić information content (AvgIpc) is 2.40. The number of aryl methyl sites for hydroxylation is 3. The molecule has 0 aliphatic heterocycles. The molecule has 0 aliphatic rings. The minimum atomic E-state index is -3.85. The molecular weight excluding hydrogens is 301 g/mol. The Hall–Kier alpha value is -1.88. The van der Waals surface area contributed by atoms with E-state index in [0.717, 1.165) is 16.7 Å². The molecule has 3 nitrogen and oxygen atoms in total. The van der Waals surface area contributed by atoms with E-state index in [2.05, 4.69) is 4.72 Å². The normalized spacial score (nSPS) is 11.5. The lowest BCUT2D eigenvalue weighted by molar-refractivity contribution is 0.597. The summed E-state index contributed by atoms with van der Waals surface area (Å²) in [7, 11) is -3.85. The first-order valence-corrected chi connectivity index (χ1v) is 8.48. The molecule has 0 fully saturated rings. The van der Waals surface area contributed by atoms with Crippen molar-refractivity contribution in [1.29, 1.82) is 0 Å². The van der Waals surface area contributed by atoms with Crippen LogP contribution in [0.3, 0.4) is 0 Å². The van der Waals surface area contributed by atoms with Crippen molar-refractivity contribution in [2.75, 3.05) is 4.72 Å². The molecule has 0 aliphatic carbocycles. The van der Waals surface area contributed by atoms with Gasteiger partial charge in [-0.05, 0) is 74.6 Å². The molecule has 2 rings (SSSR count). The molecule has 0 aromatic heterocycles. The Kier molecular flexibility index (Phi) is 4.29. The first kappa shape index (κ1) is 16.5. The zero-order valence-electron chi connectivity index (χ0n) is 13.4. The van der Waals surface area contributed by atoms with Crippen LogP contribution in [0, 0.1) is 40.4 Å². The van der Waals surface area contributed by atoms with E-state index < -0.39 is 15.8 Å². The second kappa shape index (κ2) is 5.72. The number of nitrogens with one attached hydrogen (secondary N) is 1. The van der Waals surface area contributed by atoms with Crippen molar-refractivity contribution in [3.05, 3.63) is 57.9 Å². The molecule has 0 saturated heterocycles. The molecule has 1 N–H and O–H groups in total. The van der Waals surface area contributed by atoms with Gasteiger partial charge < -0.3 is 0 Å². The van der Waals surface area contributed by atoms with Crippen molar-refractivity contribution < 1.29 is 12.8 Å². The fourth-order valence-electron chi connectivity index (χ4n) is 2.48. The van der Waals surface area contributed by atoms with Crippen LogP contribution in [-0.4, -0.2) is 8.42 Å². The van der Waals surface area contributed by atoms with Crippen molar-refractivity contribution in [3.8, 4) is 0 Å². The third-order valence-electron chi connectivity index (χ3n) is 3.93. The van der Waals surface area contributed by atoms with Gasteiger partial charge in [0, 0.05) is 0 Å². The third-order valence-corrected chi connectivity index (χ3v) is 5.57. The van der Waals surface area contributed by atoms with Crippen molar-refractivity contribution in [1.82, 2.24) is 0 Å². The van der Waals surface area contributed by atoms with Crippen LogP contribution in [0.4, 0.5) is 10.1 Å². The SMILES string of the molecule is Cc1ccc(NS(=O)(=O)c2c(C)c(C)cc(C)c2C)c(F)c1. The highest BCUT2D eigenvalue weighted by Crippen LogP contribution is 2.28. The highest BCUT2D eigenvalue weighted by molar-refractivity contribution is 7.92. The fraction of sp³-hybridized carbons (Fsp3) is 0.294. The van der Waals surface area contributed by atoms with Gasteiger partial charge in [-0.25, -0.2) is 12.8 Å². The average molecular weight is 321 g/mol. The van der Waals surface area contributed by atoms with Gasteiger partial charge in [-0.15, -0.1) is 0 Å². The quantitative estimate of drug-likeness (QED) is 0.922. The number of rotatable bonds is 3. The Morgan fingerprint density at radius 2 is 1.45 bits per heavy atom. The predicted molar refractivity (Wildman–Crippen MR) is 87.3 cm³/mol. The van der Waals surface area contributed by atoms with Crippen molar-refractivity contribution in [2.45, 2.75) is 39.5 Å². The maximum Gasteiger partial charge on any atom is 0.262 e. The summed E-state index contributed by atoms with van der Waals surface area (Å²) in [5.74, 6) is -0.580.